The Bertz CT molecular complexity index is 946. The lowest BCUT2D eigenvalue weighted by Crippen LogP contribution is -2.39. The van der Waals surface area contributed by atoms with Gasteiger partial charge in [-0.3, -0.25) is 9.78 Å². The molecule has 2 aromatic heterocycles. The fourth-order valence-electron chi connectivity index (χ4n) is 3.77. The van der Waals surface area contributed by atoms with Crippen LogP contribution in [0.3, 0.4) is 0 Å². The van der Waals surface area contributed by atoms with Crippen molar-refractivity contribution >= 4 is 5.91 Å². The minimum Gasteiger partial charge on any atom is -0.355 e. The number of aromatic nitrogens is 2. The molecule has 5 nitrogen and oxygen atoms in total. The second-order valence-corrected chi connectivity index (χ2v) is 7.28. The van der Waals surface area contributed by atoms with E-state index in [1.807, 2.05) is 29.2 Å². The SMILES string of the molecule is Cc1noc(-c2cccnc2)c1C(=O)N1CCC(Cc2ccc(F)cc2)CC1. The number of carbonyl (C=O) groups is 1. The van der Waals surface area contributed by atoms with Gasteiger partial charge in [0.25, 0.3) is 5.91 Å². The Morgan fingerprint density at radius 3 is 2.64 bits per heavy atom. The van der Waals surface area contributed by atoms with E-state index in [4.69, 9.17) is 4.52 Å². The summed E-state index contributed by atoms with van der Waals surface area (Å²) in [6, 6.07) is 10.4. The molecule has 1 saturated heterocycles. The molecule has 144 valence electrons. The van der Waals surface area contributed by atoms with E-state index in [1.165, 1.54) is 12.1 Å². The summed E-state index contributed by atoms with van der Waals surface area (Å²) in [7, 11) is 0. The first-order chi connectivity index (χ1) is 13.6. The molecule has 3 aromatic rings. The lowest BCUT2D eigenvalue weighted by molar-refractivity contribution is 0.0690. The van der Waals surface area contributed by atoms with E-state index in [1.54, 1.807) is 19.3 Å². The number of rotatable bonds is 4. The maximum Gasteiger partial charge on any atom is 0.259 e. The van der Waals surface area contributed by atoms with E-state index in [9.17, 15) is 9.18 Å². The van der Waals surface area contributed by atoms with E-state index in [0.717, 1.165) is 30.4 Å². The Labute approximate surface area is 163 Å². The van der Waals surface area contributed by atoms with Crippen LogP contribution in [0.1, 0.15) is 34.5 Å². The fraction of sp³-hybridized carbons (Fsp3) is 0.318. The minimum atomic E-state index is -0.210. The van der Waals surface area contributed by atoms with Crippen LogP contribution >= 0.6 is 0 Å². The lowest BCUT2D eigenvalue weighted by atomic mass is 9.90. The van der Waals surface area contributed by atoms with Gasteiger partial charge in [-0.1, -0.05) is 17.3 Å². The van der Waals surface area contributed by atoms with Crippen LogP contribution in [0.4, 0.5) is 4.39 Å². The third-order valence-corrected chi connectivity index (χ3v) is 5.34. The standard InChI is InChI=1S/C22H22FN3O2/c1-15-20(21(28-25-15)18-3-2-10-24-14-18)22(27)26-11-8-17(9-12-26)13-16-4-6-19(23)7-5-16/h2-7,10,14,17H,8-9,11-13H2,1H3. The molecule has 4 rings (SSSR count). The predicted molar refractivity (Wildman–Crippen MR) is 103 cm³/mol. The molecule has 0 aliphatic carbocycles. The Kier molecular flexibility index (Phi) is 5.19. The van der Waals surface area contributed by atoms with Gasteiger partial charge in [0.15, 0.2) is 5.76 Å². The second kappa shape index (κ2) is 7.92. The summed E-state index contributed by atoms with van der Waals surface area (Å²) in [5, 5.41) is 4.01. The molecule has 0 unspecified atom stereocenters. The summed E-state index contributed by atoms with van der Waals surface area (Å²) in [6.45, 7) is 3.18. The van der Waals surface area contributed by atoms with Gasteiger partial charge in [0.1, 0.15) is 11.4 Å². The quantitative estimate of drug-likeness (QED) is 0.679. The number of amides is 1. The Morgan fingerprint density at radius 1 is 1.21 bits per heavy atom. The molecular weight excluding hydrogens is 357 g/mol. The van der Waals surface area contributed by atoms with Gasteiger partial charge in [-0.05, 0) is 61.9 Å². The molecule has 3 heterocycles. The summed E-state index contributed by atoms with van der Waals surface area (Å²) in [6.07, 6.45) is 6.12. The number of hydrogen-bond donors (Lipinski definition) is 0. The third kappa shape index (κ3) is 3.81. The zero-order valence-corrected chi connectivity index (χ0v) is 15.8. The highest BCUT2D eigenvalue weighted by Gasteiger charge is 2.29. The van der Waals surface area contributed by atoms with E-state index < -0.39 is 0 Å². The molecular formula is C22H22FN3O2. The summed E-state index contributed by atoms with van der Waals surface area (Å²) in [5.74, 6) is 0.718. The number of benzene rings is 1. The smallest absolute Gasteiger partial charge is 0.259 e. The van der Waals surface area contributed by atoms with Crippen LogP contribution in [-0.2, 0) is 6.42 Å². The van der Waals surface area contributed by atoms with Gasteiger partial charge >= 0.3 is 0 Å². The van der Waals surface area contributed by atoms with Crippen molar-refractivity contribution in [3.8, 4) is 11.3 Å². The number of likely N-dealkylation sites (tertiary alicyclic amines) is 1. The summed E-state index contributed by atoms with van der Waals surface area (Å²) in [4.78, 5) is 19.1. The molecule has 0 atom stereocenters. The number of nitrogens with zero attached hydrogens (tertiary/aromatic N) is 3. The van der Waals surface area contributed by atoms with Crippen LogP contribution < -0.4 is 0 Å². The van der Waals surface area contributed by atoms with Crippen molar-refractivity contribution in [2.24, 2.45) is 5.92 Å². The average molecular weight is 379 g/mol. The van der Waals surface area contributed by atoms with Gasteiger partial charge in [0.2, 0.25) is 0 Å². The van der Waals surface area contributed by atoms with Crippen LogP contribution in [-0.4, -0.2) is 34.0 Å². The molecule has 1 amide bonds. The molecule has 0 bridgehead atoms. The number of aryl methyl sites for hydroxylation is 1. The molecule has 28 heavy (non-hydrogen) atoms. The Balaban J connectivity index is 1.43. The largest absolute Gasteiger partial charge is 0.355 e. The van der Waals surface area contributed by atoms with Gasteiger partial charge in [-0.25, -0.2) is 4.39 Å². The Morgan fingerprint density at radius 2 is 1.96 bits per heavy atom. The second-order valence-electron chi connectivity index (χ2n) is 7.28. The van der Waals surface area contributed by atoms with Crippen molar-refractivity contribution in [2.75, 3.05) is 13.1 Å². The van der Waals surface area contributed by atoms with Crippen molar-refractivity contribution in [1.29, 1.82) is 0 Å². The van der Waals surface area contributed by atoms with Gasteiger partial charge in [-0.2, -0.15) is 0 Å². The minimum absolute atomic E-state index is 0.0437. The summed E-state index contributed by atoms with van der Waals surface area (Å²) >= 11 is 0. The van der Waals surface area contributed by atoms with Crippen molar-refractivity contribution in [1.82, 2.24) is 15.0 Å². The topological polar surface area (TPSA) is 59.2 Å². The van der Waals surface area contributed by atoms with Crippen molar-refractivity contribution < 1.29 is 13.7 Å². The molecule has 0 radical (unpaired) electrons. The van der Waals surface area contributed by atoms with Crippen LogP contribution in [0.25, 0.3) is 11.3 Å². The zero-order valence-electron chi connectivity index (χ0n) is 15.8. The predicted octanol–water partition coefficient (Wildman–Crippen LogP) is 4.28. The van der Waals surface area contributed by atoms with E-state index >= 15 is 0 Å². The van der Waals surface area contributed by atoms with Crippen molar-refractivity contribution in [3.05, 3.63) is 71.4 Å². The Hall–Kier alpha value is -3.02. The third-order valence-electron chi connectivity index (χ3n) is 5.34. The zero-order chi connectivity index (χ0) is 19.5. The van der Waals surface area contributed by atoms with E-state index in [-0.39, 0.29) is 11.7 Å². The molecule has 1 fully saturated rings. The maximum absolute atomic E-state index is 13.1. The van der Waals surface area contributed by atoms with Crippen LogP contribution in [0.5, 0.6) is 0 Å². The highest BCUT2D eigenvalue weighted by molar-refractivity contribution is 6.00. The molecule has 1 aliphatic heterocycles. The average Bonchev–Trinajstić information content (AvgIpc) is 3.12. The highest BCUT2D eigenvalue weighted by Crippen LogP contribution is 2.29. The van der Waals surface area contributed by atoms with Gasteiger partial charge < -0.3 is 9.42 Å². The van der Waals surface area contributed by atoms with E-state index in [0.29, 0.717) is 36.0 Å². The number of hydrogen-bond acceptors (Lipinski definition) is 4. The molecule has 6 heteroatoms. The first kappa shape index (κ1) is 18.3. The van der Waals surface area contributed by atoms with Gasteiger partial charge in [0, 0.05) is 31.0 Å². The molecule has 0 N–H and O–H groups in total. The van der Waals surface area contributed by atoms with Crippen LogP contribution in [0.2, 0.25) is 0 Å². The summed E-state index contributed by atoms with van der Waals surface area (Å²) < 4.78 is 18.5. The maximum atomic E-state index is 13.1. The lowest BCUT2D eigenvalue weighted by Gasteiger charge is -2.32. The monoisotopic (exact) mass is 379 g/mol. The molecule has 0 saturated carbocycles. The molecule has 1 aromatic carbocycles. The molecule has 1 aliphatic rings. The molecule has 0 spiro atoms. The fourth-order valence-corrected chi connectivity index (χ4v) is 3.77. The van der Waals surface area contributed by atoms with Crippen molar-refractivity contribution in [3.63, 3.8) is 0 Å². The summed E-state index contributed by atoms with van der Waals surface area (Å²) in [5.41, 5.74) is 3.00. The van der Waals surface area contributed by atoms with Crippen molar-refractivity contribution in [2.45, 2.75) is 26.2 Å². The van der Waals surface area contributed by atoms with Gasteiger partial charge in [-0.15, -0.1) is 0 Å². The van der Waals surface area contributed by atoms with E-state index in [2.05, 4.69) is 10.1 Å². The number of piperidine rings is 1. The number of carbonyl (C=O) groups excluding carboxylic acids is 1. The van der Waals surface area contributed by atoms with Gasteiger partial charge in [0.05, 0.1) is 5.69 Å². The highest BCUT2D eigenvalue weighted by atomic mass is 19.1. The number of halogens is 1. The first-order valence-electron chi connectivity index (χ1n) is 9.52. The van der Waals surface area contributed by atoms with Crippen LogP contribution in [0, 0.1) is 18.7 Å². The van der Waals surface area contributed by atoms with Crippen LogP contribution in [0.15, 0.2) is 53.3 Å². The number of pyridine rings is 1. The first-order valence-corrected chi connectivity index (χ1v) is 9.52. The normalized spacial score (nSPS) is 15.0.